The molecule has 2 fully saturated rings. The van der Waals surface area contributed by atoms with Crippen molar-refractivity contribution in [3.05, 3.63) is 60.1 Å². The highest BCUT2D eigenvalue weighted by molar-refractivity contribution is 5.91. The van der Waals surface area contributed by atoms with Gasteiger partial charge < -0.3 is 14.1 Å². The van der Waals surface area contributed by atoms with Gasteiger partial charge in [-0.3, -0.25) is 9.69 Å². The lowest BCUT2D eigenvalue weighted by Gasteiger charge is -2.36. The van der Waals surface area contributed by atoms with Crippen molar-refractivity contribution in [3.63, 3.8) is 0 Å². The van der Waals surface area contributed by atoms with Crippen LogP contribution in [0.1, 0.15) is 16.1 Å². The minimum atomic E-state index is -0.0248. The quantitative estimate of drug-likeness (QED) is 0.863. The van der Waals surface area contributed by atoms with Gasteiger partial charge in [0.05, 0.1) is 25.0 Å². The highest BCUT2D eigenvalue weighted by Crippen LogP contribution is 2.25. The molecule has 2 saturated heterocycles. The number of morpholine rings is 1. The first kappa shape index (κ1) is 15.4. The van der Waals surface area contributed by atoms with Crippen LogP contribution in [0, 0.1) is 0 Å². The van der Waals surface area contributed by atoms with E-state index in [1.807, 2.05) is 11.0 Å². The van der Waals surface area contributed by atoms with E-state index in [4.69, 9.17) is 9.15 Å². The van der Waals surface area contributed by atoms with Crippen LogP contribution in [0.4, 0.5) is 0 Å². The van der Waals surface area contributed by atoms with Crippen molar-refractivity contribution >= 4 is 5.91 Å². The fourth-order valence-corrected chi connectivity index (χ4v) is 3.67. The molecule has 2 aromatic rings. The zero-order chi connectivity index (χ0) is 16.4. The monoisotopic (exact) mass is 326 g/mol. The second-order valence-corrected chi connectivity index (χ2v) is 6.45. The Balaban J connectivity index is 1.40. The van der Waals surface area contributed by atoms with E-state index >= 15 is 0 Å². The van der Waals surface area contributed by atoms with Crippen molar-refractivity contribution in [1.82, 2.24) is 9.80 Å². The number of rotatable bonds is 4. The lowest BCUT2D eigenvalue weighted by Crippen LogP contribution is -2.53. The first-order valence-corrected chi connectivity index (χ1v) is 8.53. The van der Waals surface area contributed by atoms with Gasteiger partial charge in [-0.25, -0.2) is 0 Å². The summed E-state index contributed by atoms with van der Waals surface area (Å²) < 4.78 is 11.2. The van der Waals surface area contributed by atoms with Gasteiger partial charge in [0.15, 0.2) is 5.76 Å². The lowest BCUT2D eigenvalue weighted by molar-refractivity contribution is -0.0379. The van der Waals surface area contributed by atoms with E-state index in [1.165, 1.54) is 5.56 Å². The SMILES string of the molecule is O=C(c1ccco1)N1CCO[C@@H]2CN(CCc3ccccc3)C[C@@H]21. The molecule has 2 aliphatic rings. The van der Waals surface area contributed by atoms with Crippen molar-refractivity contribution in [3.8, 4) is 0 Å². The Morgan fingerprint density at radius 3 is 2.79 bits per heavy atom. The third-order valence-electron chi connectivity index (χ3n) is 4.93. The molecule has 5 heteroatoms. The molecule has 1 amide bonds. The largest absolute Gasteiger partial charge is 0.459 e. The fraction of sp³-hybridized carbons (Fsp3) is 0.421. The van der Waals surface area contributed by atoms with E-state index in [-0.39, 0.29) is 18.1 Å². The average Bonchev–Trinajstić information content (AvgIpc) is 3.29. The molecule has 0 radical (unpaired) electrons. The molecule has 2 atom stereocenters. The van der Waals surface area contributed by atoms with Crippen molar-refractivity contribution in [1.29, 1.82) is 0 Å². The van der Waals surface area contributed by atoms with Crippen LogP contribution in [-0.2, 0) is 11.2 Å². The maximum Gasteiger partial charge on any atom is 0.290 e. The summed E-state index contributed by atoms with van der Waals surface area (Å²) in [6.45, 7) is 3.97. The van der Waals surface area contributed by atoms with Gasteiger partial charge in [0.25, 0.3) is 5.91 Å². The first-order chi connectivity index (χ1) is 11.8. The van der Waals surface area contributed by atoms with Crippen molar-refractivity contribution in [2.75, 3.05) is 32.8 Å². The number of hydrogen-bond donors (Lipinski definition) is 0. The van der Waals surface area contributed by atoms with Crippen molar-refractivity contribution < 1.29 is 13.9 Å². The third-order valence-corrected chi connectivity index (χ3v) is 4.93. The number of furan rings is 1. The zero-order valence-electron chi connectivity index (χ0n) is 13.6. The summed E-state index contributed by atoms with van der Waals surface area (Å²) >= 11 is 0. The Hall–Kier alpha value is -2.11. The van der Waals surface area contributed by atoms with Crippen LogP contribution >= 0.6 is 0 Å². The van der Waals surface area contributed by atoms with Gasteiger partial charge in [-0.15, -0.1) is 0 Å². The summed E-state index contributed by atoms with van der Waals surface area (Å²) in [6.07, 6.45) is 2.67. The van der Waals surface area contributed by atoms with E-state index in [9.17, 15) is 4.79 Å². The molecule has 2 aliphatic heterocycles. The Labute approximate surface area is 141 Å². The predicted octanol–water partition coefficient (Wildman–Crippen LogP) is 2.05. The molecular weight excluding hydrogens is 304 g/mol. The molecule has 0 aliphatic carbocycles. The summed E-state index contributed by atoms with van der Waals surface area (Å²) in [4.78, 5) is 17.0. The van der Waals surface area contributed by atoms with Gasteiger partial charge in [0, 0.05) is 26.2 Å². The van der Waals surface area contributed by atoms with Gasteiger partial charge in [0.1, 0.15) is 0 Å². The van der Waals surface area contributed by atoms with Crippen LogP contribution in [0.5, 0.6) is 0 Å². The number of amides is 1. The van der Waals surface area contributed by atoms with E-state index in [0.29, 0.717) is 18.9 Å². The molecular formula is C19H22N2O3. The minimum absolute atomic E-state index is 0.0248. The summed E-state index contributed by atoms with van der Waals surface area (Å²) in [5.74, 6) is 0.390. The molecule has 0 N–H and O–H groups in total. The van der Waals surface area contributed by atoms with Gasteiger partial charge in [-0.05, 0) is 24.1 Å². The van der Waals surface area contributed by atoms with Crippen LogP contribution in [-0.4, -0.2) is 60.6 Å². The molecule has 0 spiro atoms. The maximum absolute atomic E-state index is 12.6. The molecule has 5 nitrogen and oxygen atoms in total. The molecule has 4 rings (SSSR count). The molecule has 3 heterocycles. The standard InChI is InChI=1S/C19H22N2O3/c22-19(17-7-4-11-23-17)21-10-12-24-18-14-20(13-16(18)21)9-8-15-5-2-1-3-6-15/h1-7,11,16,18H,8-10,12-14H2/t16-,18+/m0/s1. The number of nitrogens with zero attached hydrogens (tertiary/aromatic N) is 2. The number of fused-ring (bicyclic) bond motifs is 1. The van der Waals surface area contributed by atoms with Gasteiger partial charge in [-0.2, -0.15) is 0 Å². The first-order valence-electron chi connectivity index (χ1n) is 8.53. The van der Waals surface area contributed by atoms with Crippen LogP contribution < -0.4 is 0 Å². The molecule has 0 saturated carbocycles. The minimum Gasteiger partial charge on any atom is -0.459 e. The van der Waals surface area contributed by atoms with Crippen LogP contribution in [0.15, 0.2) is 53.1 Å². The second kappa shape index (κ2) is 6.79. The maximum atomic E-state index is 12.6. The van der Waals surface area contributed by atoms with Crippen molar-refractivity contribution in [2.24, 2.45) is 0 Å². The molecule has 0 unspecified atom stereocenters. The van der Waals surface area contributed by atoms with E-state index in [1.54, 1.807) is 18.4 Å². The van der Waals surface area contributed by atoms with E-state index in [2.05, 4.69) is 29.2 Å². The smallest absolute Gasteiger partial charge is 0.290 e. The summed E-state index contributed by atoms with van der Waals surface area (Å²) in [6, 6.07) is 14.1. The lowest BCUT2D eigenvalue weighted by atomic mass is 10.1. The molecule has 1 aromatic heterocycles. The Kier molecular flexibility index (Phi) is 4.36. The highest BCUT2D eigenvalue weighted by Gasteiger charge is 2.42. The Morgan fingerprint density at radius 1 is 1.12 bits per heavy atom. The highest BCUT2D eigenvalue weighted by atomic mass is 16.5. The fourth-order valence-electron chi connectivity index (χ4n) is 3.67. The molecule has 24 heavy (non-hydrogen) atoms. The van der Waals surface area contributed by atoms with E-state index < -0.39 is 0 Å². The van der Waals surface area contributed by atoms with Crippen LogP contribution in [0.2, 0.25) is 0 Å². The summed E-state index contributed by atoms with van der Waals surface area (Å²) in [5, 5.41) is 0. The van der Waals surface area contributed by atoms with Crippen molar-refractivity contribution in [2.45, 2.75) is 18.6 Å². The van der Waals surface area contributed by atoms with Crippen LogP contribution in [0.25, 0.3) is 0 Å². The molecule has 1 aromatic carbocycles. The predicted molar refractivity (Wildman–Crippen MR) is 89.9 cm³/mol. The Bertz CT molecular complexity index is 671. The summed E-state index contributed by atoms with van der Waals surface area (Å²) in [5.41, 5.74) is 1.34. The topological polar surface area (TPSA) is 45.9 Å². The van der Waals surface area contributed by atoms with Gasteiger partial charge in [-0.1, -0.05) is 30.3 Å². The van der Waals surface area contributed by atoms with Gasteiger partial charge >= 0.3 is 0 Å². The number of benzene rings is 1. The van der Waals surface area contributed by atoms with Gasteiger partial charge in [0.2, 0.25) is 0 Å². The molecule has 0 bridgehead atoms. The van der Waals surface area contributed by atoms with E-state index in [0.717, 1.165) is 26.1 Å². The number of carbonyl (C=O) groups is 1. The van der Waals surface area contributed by atoms with Crippen LogP contribution in [0.3, 0.4) is 0 Å². The number of ether oxygens (including phenoxy) is 1. The normalized spacial score (nSPS) is 24.1. The third kappa shape index (κ3) is 3.09. The number of carbonyl (C=O) groups excluding carboxylic acids is 1. The number of likely N-dealkylation sites (tertiary alicyclic amines) is 1. The Morgan fingerprint density at radius 2 is 2.00 bits per heavy atom. The zero-order valence-corrected chi connectivity index (χ0v) is 13.6. The average molecular weight is 326 g/mol. The number of hydrogen-bond acceptors (Lipinski definition) is 4. The molecule has 126 valence electrons. The summed E-state index contributed by atoms with van der Waals surface area (Å²) in [7, 11) is 0. The second-order valence-electron chi connectivity index (χ2n) is 6.45.